The van der Waals surface area contributed by atoms with Gasteiger partial charge in [-0.2, -0.15) is 5.26 Å². The topological polar surface area (TPSA) is 57.9 Å². The third-order valence-electron chi connectivity index (χ3n) is 1.66. The van der Waals surface area contributed by atoms with Crippen LogP contribution in [0.25, 0.3) is 6.08 Å². The maximum Gasteiger partial charge on any atom is 0.185 e. The van der Waals surface area contributed by atoms with Crippen molar-refractivity contribution in [2.45, 2.75) is 0 Å². The first-order valence-electron chi connectivity index (χ1n) is 4.01. The van der Waals surface area contributed by atoms with Crippen LogP contribution in [0.2, 0.25) is 0 Å². The fraction of sp³-hybridized carbons (Fsp3) is 0.100. The van der Waals surface area contributed by atoms with Crippen molar-refractivity contribution < 1.29 is 12.8 Å². The zero-order valence-corrected chi connectivity index (χ0v) is 8.75. The molecule has 0 spiro atoms. The molecule has 1 aromatic rings. The van der Waals surface area contributed by atoms with Gasteiger partial charge in [-0.3, -0.25) is 0 Å². The first kappa shape index (κ1) is 11.4. The smallest absolute Gasteiger partial charge is 0.185 e. The van der Waals surface area contributed by atoms with Gasteiger partial charge in [-0.25, -0.2) is 12.8 Å². The van der Waals surface area contributed by atoms with Crippen LogP contribution in [0.3, 0.4) is 0 Å². The standard InChI is InChI=1S/C10H8FNO2S/c1-15(13,14)10(7-12)6-8-3-2-4-9(11)5-8/h2-6H,1H3. The predicted molar refractivity (Wildman–Crippen MR) is 54.8 cm³/mol. The van der Waals surface area contributed by atoms with Crippen molar-refractivity contribution in [3.8, 4) is 6.07 Å². The molecule has 1 aromatic carbocycles. The molecule has 0 atom stereocenters. The van der Waals surface area contributed by atoms with E-state index in [0.717, 1.165) is 18.4 Å². The Morgan fingerprint density at radius 3 is 2.67 bits per heavy atom. The highest BCUT2D eigenvalue weighted by atomic mass is 32.2. The number of rotatable bonds is 2. The minimum Gasteiger partial charge on any atom is -0.223 e. The van der Waals surface area contributed by atoms with Crippen molar-refractivity contribution in [1.29, 1.82) is 5.26 Å². The van der Waals surface area contributed by atoms with Crippen molar-refractivity contribution in [2.75, 3.05) is 6.26 Å². The highest BCUT2D eigenvalue weighted by Gasteiger charge is 2.10. The van der Waals surface area contributed by atoms with Crippen LogP contribution in [-0.4, -0.2) is 14.7 Å². The molecular weight excluding hydrogens is 217 g/mol. The molecule has 0 amide bonds. The van der Waals surface area contributed by atoms with E-state index in [2.05, 4.69) is 0 Å². The highest BCUT2D eigenvalue weighted by molar-refractivity contribution is 7.95. The van der Waals surface area contributed by atoms with E-state index in [1.807, 2.05) is 0 Å². The van der Waals surface area contributed by atoms with E-state index in [1.165, 1.54) is 18.2 Å². The van der Waals surface area contributed by atoms with Gasteiger partial charge in [0, 0.05) is 6.26 Å². The Bertz CT molecular complexity index is 541. The SMILES string of the molecule is CS(=O)(=O)C(C#N)=Cc1cccc(F)c1. The maximum absolute atomic E-state index is 12.8. The number of allylic oxidation sites excluding steroid dienone is 1. The van der Waals surface area contributed by atoms with Crippen LogP contribution >= 0.6 is 0 Å². The van der Waals surface area contributed by atoms with Gasteiger partial charge in [0.2, 0.25) is 0 Å². The molecule has 0 radical (unpaired) electrons. The summed E-state index contributed by atoms with van der Waals surface area (Å²) in [4.78, 5) is -0.381. The van der Waals surface area contributed by atoms with Crippen LogP contribution in [-0.2, 0) is 9.84 Å². The van der Waals surface area contributed by atoms with E-state index >= 15 is 0 Å². The van der Waals surface area contributed by atoms with Crippen molar-refractivity contribution in [3.63, 3.8) is 0 Å². The number of benzene rings is 1. The molecule has 0 aliphatic carbocycles. The number of nitriles is 1. The lowest BCUT2D eigenvalue weighted by Gasteiger charge is -1.96. The van der Waals surface area contributed by atoms with Gasteiger partial charge < -0.3 is 0 Å². The Morgan fingerprint density at radius 1 is 1.53 bits per heavy atom. The third-order valence-corrected chi connectivity index (χ3v) is 2.66. The lowest BCUT2D eigenvalue weighted by atomic mass is 10.2. The highest BCUT2D eigenvalue weighted by Crippen LogP contribution is 2.11. The predicted octanol–water partition coefficient (Wildman–Crippen LogP) is 1.73. The molecule has 0 fully saturated rings. The number of hydrogen-bond donors (Lipinski definition) is 0. The van der Waals surface area contributed by atoms with Crippen molar-refractivity contribution >= 4 is 15.9 Å². The van der Waals surface area contributed by atoms with Gasteiger partial charge in [0.15, 0.2) is 9.84 Å². The van der Waals surface area contributed by atoms with Gasteiger partial charge in [0.25, 0.3) is 0 Å². The fourth-order valence-corrected chi connectivity index (χ4v) is 1.49. The van der Waals surface area contributed by atoms with Crippen LogP contribution < -0.4 is 0 Å². The summed E-state index contributed by atoms with van der Waals surface area (Å²) in [5.41, 5.74) is 0.344. The second-order valence-electron chi connectivity index (χ2n) is 2.95. The van der Waals surface area contributed by atoms with E-state index in [4.69, 9.17) is 5.26 Å². The summed E-state index contributed by atoms with van der Waals surface area (Å²) in [7, 11) is -3.55. The summed E-state index contributed by atoms with van der Waals surface area (Å²) in [6.45, 7) is 0. The van der Waals surface area contributed by atoms with Crippen LogP contribution in [0.15, 0.2) is 29.2 Å². The summed E-state index contributed by atoms with van der Waals surface area (Å²) in [5.74, 6) is -0.477. The number of nitrogens with zero attached hydrogens (tertiary/aromatic N) is 1. The molecule has 5 heteroatoms. The van der Waals surface area contributed by atoms with E-state index < -0.39 is 15.7 Å². The third kappa shape index (κ3) is 3.18. The monoisotopic (exact) mass is 225 g/mol. The fourth-order valence-electron chi connectivity index (χ4n) is 0.970. The van der Waals surface area contributed by atoms with Gasteiger partial charge in [0.05, 0.1) is 0 Å². The van der Waals surface area contributed by atoms with Crippen molar-refractivity contribution in [1.82, 2.24) is 0 Å². The molecule has 0 aliphatic rings. The van der Waals surface area contributed by atoms with Crippen molar-refractivity contribution in [2.24, 2.45) is 0 Å². The minimum absolute atomic E-state index is 0.344. The summed E-state index contributed by atoms with van der Waals surface area (Å²) in [5, 5.41) is 8.60. The van der Waals surface area contributed by atoms with Crippen LogP contribution in [0.4, 0.5) is 4.39 Å². The molecule has 0 aromatic heterocycles. The number of sulfone groups is 1. The summed E-state index contributed by atoms with van der Waals surface area (Å²) in [6.07, 6.45) is 2.07. The van der Waals surface area contributed by atoms with E-state index in [-0.39, 0.29) is 4.91 Å². The van der Waals surface area contributed by atoms with Gasteiger partial charge in [-0.05, 0) is 23.8 Å². The first-order valence-corrected chi connectivity index (χ1v) is 5.90. The molecule has 0 saturated carbocycles. The van der Waals surface area contributed by atoms with Crippen molar-refractivity contribution in [3.05, 3.63) is 40.6 Å². The normalized spacial score (nSPS) is 12.2. The van der Waals surface area contributed by atoms with Gasteiger partial charge in [-0.1, -0.05) is 12.1 Å². The molecule has 0 heterocycles. The van der Waals surface area contributed by atoms with E-state index in [9.17, 15) is 12.8 Å². The molecule has 78 valence electrons. The van der Waals surface area contributed by atoms with Gasteiger partial charge >= 0.3 is 0 Å². The summed E-state index contributed by atoms with van der Waals surface area (Å²) < 4.78 is 34.9. The van der Waals surface area contributed by atoms with Gasteiger partial charge in [0.1, 0.15) is 16.8 Å². The average Bonchev–Trinajstić information content (AvgIpc) is 2.12. The van der Waals surface area contributed by atoms with Crippen LogP contribution in [0.5, 0.6) is 0 Å². The maximum atomic E-state index is 12.8. The Morgan fingerprint density at radius 2 is 2.20 bits per heavy atom. The lowest BCUT2D eigenvalue weighted by Crippen LogP contribution is -1.98. The Labute approximate surface area is 87.4 Å². The van der Waals surface area contributed by atoms with Gasteiger partial charge in [-0.15, -0.1) is 0 Å². The largest absolute Gasteiger partial charge is 0.223 e. The molecule has 3 nitrogen and oxygen atoms in total. The zero-order chi connectivity index (χ0) is 11.5. The number of halogens is 1. The number of hydrogen-bond acceptors (Lipinski definition) is 3. The summed E-state index contributed by atoms with van der Waals surface area (Å²) >= 11 is 0. The molecule has 0 bridgehead atoms. The molecule has 0 aliphatic heterocycles. The zero-order valence-electron chi connectivity index (χ0n) is 7.94. The molecule has 0 N–H and O–H groups in total. The molecule has 0 unspecified atom stereocenters. The Kier molecular flexibility index (Phi) is 3.22. The van der Waals surface area contributed by atoms with Crippen LogP contribution in [0, 0.1) is 17.1 Å². The minimum atomic E-state index is -3.55. The van der Waals surface area contributed by atoms with Crippen LogP contribution in [0.1, 0.15) is 5.56 Å². The molecule has 1 rings (SSSR count). The Balaban J connectivity index is 3.23. The summed E-state index contributed by atoms with van der Waals surface area (Å²) in [6, 6.07) is 6.92. The second-order valence-corrected chi connectivity index (χ2v) is 4.93. The molecule has 0 saturated heterocycles. The molecular formula is C10H8FNO2S. The van der Waals surface area contributed by atoms with E-state index in [1.54, 1.807) is 6.07 Å². The lowest BCUT2D eigenvalue weighted by molar-refractivity contribution is 0.608. The molecule has 15 heavy (non-hydrogen) atoms. The first-order chi connectivity index (χ1) is 6.93. The average molecular weight is 225 g/mol. The van der Waals surface area contributed by atoms with E-state index in [0.29, 0.717) is 5.56 Å². The second kappa shape index (κ2) is 4.24. The Hall–Kier alpha value is -1.67. The quantitative estimate of drug-likeness (QED) is 0.720.